The molecule has 1 heterocycles. The SMILES string of the molecule is Cc1ccc(NC(=O)c2ccc(C[NH+]3CCc4ccccc4C3)cc2)cc1Cl. The van der Waals surface area contributed by atoms with Crippen LogP contribution in [-0.2, 0) is 19.5 Å². The van der Waals surface area contributed by atoms with Crippen molar-refractivity contribution in [3.05, 3.63) is 99.6 Å². The molecule has 28 heavy (non-hydrogen) atoms. The Hall–Kier alpha value is -2.62. The van der Waals surface area contributed by atoms with Gasteiger partial charge in [-0.15, -0.1) is 0 Å². The second-order valence-corrected chi connectivity index (χ2v) is 7.89. The lowest BCUT2D eigenvalue weighted by Gasteiger charge is -2.26. The maximum Gasteiger partial charge on any atom is 0.255 e. The van der Waals surface area contributed by atoms with Crippen LogP contribution in [0.2, 0.25) is 5.02 Å². The standard InChI is InChI=1S/C24H23ClN2O/c1-17-6-11-22(14-23(17)25)26-24(28)20-9-7-18(8-10-20)15-27-13-12-19-4-2-3-5-21(19)16-27/h2-11,14H,12-13,15-16H2,1H3,(H,26,28)/p+1. The molecule has 0 aliphatic carbocycles. The molecule has 0 radical (unpaired) electrons. The zero-order valence-electron chi connectivity index (χ0n) is 16.0. The largest absolute Gasteiger partial charge is 0.327 e. The van der Waals surface area contributed by atoms with Gasteiger partial charge in [-0.2, -0.15) is 0 Å². The second kappa shape index (κ2) is 8.17. The molecule has 0 fully saturated rings. The van der Waals surface area contributed by atoms with E-state index in [1.165, 1.54) is 16.7 Å². The Bertz CT molecular complexity index is 998. The number of halogens is 1. The zero-order valence-corrected chi connectivity index (χ0v) is 16.7. The summed E-state index contributed by atoms with van der Waals surface area (Å²) < 4.78 is 0. The number of quaternary nitrogens is 1. The monoisotopic (exact) mass is 391 g/mol. The molecule has 3 aromatic carbocycles. The number of nitrogens with one attached hydrogen (secondary N) is 2. The highest BCUT2D eigenvalue weighted by atomic mass is 35.5. The number of anilines is 1. The van der Waals surface area contributed by atoms with Gasteiger partial charge in [-0.1, -0.05) is 54.1 Å². The molecule has 2 N–H and O–H groups in total. The van der Waals surface area contributed by atoms with Gasteiger partial charge in [0.1, 0.15) is 13.1 Å². The Labute approximate surface area is 171 Å². The first-order chi connectivity index (χ1) is 13.6. The molecule has 4 rings (SSSR count). The topological polar surface area (TPSA) is 33.5 Å². The van der Waals surface area contributed by atoms with Crippen molar-refractivity contribution in [3.63, 3.8) is 0 Å². The molecule has 1 unspecified atom stereocenters. The number of hydrogen-bond donors (Lipinski definition) is 2. The third kappa shape index (κ3) is 4.27. The Kier molecular flexibility index (Phi) is 5.47. The lowest BCUT2D eigenvalue weighted by atomic mass is 9.99. The average Bonchev–Trinajstić information content (AvgIpc) is 2.71. The van der Waals surface area contributed by atoms with Crippen molar-refractivity contribution >= 4 is 23.2 Å². The van der Waals surface area contributed by atoms with E-state index >= 15 is 0 Å². The second-order valence-electron chi connectivity index (χ2n) is 7.49. The number of amides is 1. The normalized spacial score (nSPS) is 15.7. The average molecular weight is 392 g/mol. The summed E-state index contributed by atoms with van der Waals surface area (Å²) in [7, 11) is 0. The number of rotatable bonds is 4. The van der Waals surface area contributed by atoms with Crippen LogP contribution < -0.4 is 10.2 Å². The van der Waals surface area contributed by atoms with Crippen molar-refractivity contribution < 1.29 is 9.69 Å². The van der Waals surface area contributed by atoms with Crippen LogP contribution in [0.1, 0.15) is 32.6 Å². The summed E-state index contributed by atoms with van der Waals surface area (Å²) in [6.07, 6.45) is 1.13. The summed E-state index contributed by atoms with van der Waals surface area (Å²) in [5.74, 6) is -0.120. The first-order valence-electron chi connectivity index (χ1n) is 9.65. The van der Waals surface area contributed by atoms with Gasteiger partial charge in [0.05, 0.1) is 6.54 Å². The van der Waals surface area contributed by atoms with E-state index in [1.807, 2.05) is 31.2 Å². The van der Waals surface area contributed by atoms with E-state index in [4.69, 9.17) is 11.6 Å². The minimum atomic E-state index is -0.120. The number of carbonyl (C=O) groups excluding carboxylic acids is 1. The van der Waals surface area contributed by atoms with Gasteiger partial charge >= 0.3 is 0 Å². The lowest BCUT2D eigenvalue weighted by Crippen LogP contribution is -3.10. The van der Waals surface area contributed by atoms with Crippen molar-refractivity contribution in [1.82, 2.24) is 0 Å². The highest BCUT2D eigenvalue weighted by molar-refractivity contribution is 6.31. The van der Waals surface area contributed by atoms with Gasteiger partial charge in [-0.3, -0.25) is 4.79 Å². The van der Waals surface area contributed by atoms with Crippen LogP contribution in [0.15, 0.2) is 66.7 Å². The third-order valence-corrected chi connectivity index (χ3v) is 5.81. The van der Waals surface area contributed by atoms with Gasteiger partial charge < -0.3 is 10.2 Å². The van der Waals surface area contributed by atoms with Crippen molar-refractivity contribution in [2.24, 2.45) is 0 Å². The van der Waals surface area contributed by atoms with E-state index in [9.17, 15) is 4.79 Å². The van der Waals surface area contributed by atoms with Crippen molar-refractivity contribution in [3.8, 4) is 0 Å². The van der Waals surface area contributed by atoms with Crippen LogP contribution in [0.25, 0.3) is 0 Å². The van der Waals surface area contributed by atoms with E-state index in [1.54, 1.807) is 11.0 Å². The molecule has 0 saturated carbocycles. The summed E-state index contributed by atoms with van der Waals surface area (Å²) in [5.41, 5.74) is 6.54. The number of benzene rings is 3. The molecule has 1 aliphatic rings. The van der Waals surface area contributed by atoms with Crippen LogP contribution in [0.3, 0.4) is 0 Å². The Balaban J connectivity index is 1.38. The molecule has 1 aliphatic heterocycles. The van der Waals surface area contributed by atoms with E-state index < -0.39 is 0 Å². The molecule has 142 valence electrons. The van der Waals surface area contributed by atoms with Crippen LogP contribution in [0.5, 0.6) is 0 Å². The molecule has 0 aromatic heterocycles. The third-order valence-electron chi connectivity index (χ3n) is 5.41. The quantitative estimate of drug-likeness (QED) is 0.691. The molecule has 3 aromatic rings. The fourth-order valence-electron chi connectivity index (χ4n) is 3.73. The number of aryl methyl sites for hydroxylation is 1. The van der Waals surface area contributed by atoms with Crippen LogP contribution in [0, 0.1) is 6.92 Å². The molecule has 0 bridgehead atoms. The number of fused-ring (bicyclic) bond motifs is 1. The Morgan fingerprint density at radius 3 is 2.54 bits per heavy atom. The van der Waals surface area contributed by atoms with Gasteiger partial charge in [0.15, 0.2) is 0 Å². The highest BCUT2D eigenvalue weighted by Crippen LogP contribution is 2.20. The summed E-state index contributed by atoms with van der Waals surface area (Å²) >= 11 is 6.13. The van der Waals surface area contributed by atoms with E-state index in [0.29, 0.717) is 16.3 Å². The summed E-state index contributed by atoms with van der Waals surface area (Å²) in [4.78, 5) is 14.0. The molecule has 1 amide bonds. The van der Waals surface area contributed by atoms with Gasteiger partial charge in [-0.05, 0) is 42.3 Å². The predicted octanol–water partition coefficient (Wildman–Crippen LogP) is 4.04. The fraction of sp³-hybridized carbons (Fsp3) is 0.208. The first kappa shape index (κ1) is 18.7. The lowest BCUT2D eigenvalue weighted by molar-refractivity contribution is -0.929. The van der Waals surface area contributed by atoms with Crippen LogP contribution in [-0.4, -0.2) is 12.5 Å². The molecule has 0 spiro atoms. The van der Waals surface area contributed by atoms with Gasteiger partial charge in [0.25, 0.3) is 5.91 Å². The Morgan fingerprint density at radius 2 is 1.79 bits per heavy atom. The first-order valence-corrected chi connectivity index (χ1v) is 10.0. The highest BCUT2D eigenvalue weighted by Gasteiger charge is 2.19. The van der Waals surface area contributed by atoms with Gasteiger partial charge in [0, 0.05) is 33.8 Å². The minimum Gasteiger partial charge on any atom is -0.327 e. The summed E-state index contributed by atoms with van der Waals surface area (Å²) in [6, 6.07) is 22.2. The van der Waals surface area contributed by atoms with E-state index in [-0.39, 0.29) is 5.91 Å². The number of hydrogen-bond acceptors (Lipinski definition) is 1. The predicted molar refractivity (Wildman–Crippen MR) is 114 cm³/mol. The maximum atomic E-state index is 12.5. The van der Waals surface area contributed by atoms with E-state index in [2.05, 4.69) is 41.7 Å². The van der Waals surface area contributed by atoms with Crippen molar-refractivity contribution in [2.75, 3.05) is 11.9 Å². The molecule has 3 nitrogen and oxygen atoms in total. The van der Waals surface area contributed by atoms with Crippen LogP contribution >= 0.6 is 11.6 Å². The maximum absolute atomic E-state index is 12.5. The summed E-state index contributed by atoms with van der Waals surface area (Å²) in [6.45, 7) is 5.12. The summed E-state index contributed by atoms with van der Waals surface area (Å²) in [5, 5.41) is 3.56. The minimum absolute atomic E-state index is 0.120. The molecular formula is C24H24ClN2O+. The smallest absolute Gasteiger partial charge is 0.255 e. The van der Waals surface area contributed by atoms with Crippen LogP contribution in [0.4, 0.5) is 5.69 Å². The van der Waals surface area contributed by atoms with Crippen molar-refractivity contribution in [1.29, 1.82) is 0 Å². The van der Waals surface area contributed by atoms with E-state index in [0.717, 1.165) is 31.6 Å². The molecule has 0 saturated heterocycles. The van der Waals surface area contributed by atoms with Crippen molar-refractivity contribution in [2.45, 2.75) is 26.4 Å². The molecule has 1 atom stereocenters. The molecule has 4 heteroatoms. The fourth-order valence-corrected chi connectivity index (χ4v) is 3.91. The van der Waals surface area contributed by atoms with Gasteiger partial charge in [-0.25, -0.2) is 0 Å². The molecular weight excluding hydrogens is 368 g/mol. The Morgan fingerprint density at radius 1 is 1.04 bits per heavy atom. The van der Waals surface area contributed by atoms with Gasteiger partial charge in [0.2, 0.25) is 0 Å². The zero-order chi connectivity index (χ0) is 19.5. The number of carbonyl (C=O) groups is 1.